The summed E-state index contributed by atoms with van der Waals surface area (Å²) in [5, 5.41) is 9.34. The van der Waals surface area contributed by atoms with Crippen molar-refractivity contribution in [3.05, 3.63) is 11.6 Å². The molecule has 0 bridgehead atoms. The van der Waals surface area contributed by atoms with E-state index in [0.29, 0.717) is 23.7 Å². The van der Waals surface area contributed by atoms with Crippen LogP contribution >= 0.6 is 0 Å². The van der Waals surface area contributed by atoms with E-state index < -0.39 is 12.1 Å². The number of ether oxygens (including phenoxy) is 2. The Kier molecular flexibility index (Phi) is 8.55. The van der Waals surface area contributed by atoms with Crippen LogP contribution in [0.15, 0.2) is 11.6 Å². The first-order valence-electron chi connectivity index (χ1n) is 11.6. The molecule has 5 nitrogen and oxygen atoms in total. The maximum Gasteiger partial charge on any atom is 0.306 e. The summed E-state index contributed by atoms with van der Waals surface area (Å²) in [6.07, 6.45) is 9.10. The SMILES string of the molecule is CC(=O)OC[C@@H](CO)OC(=O)C[C@H](C)CC[C@@]1(C)C2=CCCC(C)(C)[C@@H]2CC[C@H]1C. The van der Waals surface area contributed by atoms with Gasteiger partial charge in [0.15, 0.2) is 6.10 Å². The largest absolute Gasteiger partial charge is 0.462 e. The van der Waals surface area contributed by atoms with Crippen molar-refractivity contribution < 1.29 is 24.2 Å². The number of aliphatic hydroxyl groups is 1. The lowest BCUT2D eigenvalue weighted by Gasteiger charge is -2.53. The fourth-order valence-corrected chi connectivity index (χ4v) is 5.43. The van der Waals surface area contributed by atoms with Gasteiger partial charge in [0.1, 0.15) is 6.61 Å². The van der Waals surface area contributed by atoms with Crippen LogP contribution < -0.4 is 0 Å². The third kappa shape index (κ3) is 6.09. The molecule has 30 heavy (non-hydrogen) atoms. The van der Waals surface area contributed by atoms with Crippen LogP contribution in [0.2, 0.25) is 0 Å². The maximum absolute atomic E-state index is 12.3. The van der Waals surface area contributed by atoms with Crippen molar-refractivity contribution in [2.45, 2.75) is 92.6 Å². The van der Waals surface area contributed by atoms with Gasteiger partial charge in [-0.2, -0.15) is 0 Å². The number of aliphatic hydroxyl groups excluding tert-OH is 1. The third-order valence-corrected chi connectivity index (χ3v) is 7.75. The number of esters is 2. The van der Waals surface area contributed by atoms with Gasteiger partial charge in [-0.05, 0) is 67.1 Å². The Balaban J connectivity index is 1.92. The highest BCUT2D eigenvalue weighted by molar-refractivity contribution is 5.70. The van der Waals surface area contributed by atoms with Crippen LogP contribution in [0.25, 0.3) is 0 Å². The normalized spacial score (nSPS) is 29.9. The molecule has 0 amide bonds. The van der Waals surface area contributed by atoms with Gasteiger partial charge in [-0.1, -0.05) is 46.3 Å². The van der Waals surface area contributed by atoms with Gasteiger partial charge in [0, 0.05) is 13.3 Å². The quantitative estimate of drug-likeness (QED) is 0.415. The van der Waals surface area contributed by atoms with Gasteiger partial charge in [0.25, 0.3) is 0 Å². The molecule has 0 aliphatic heterocycles. The highest BCUT2D eigenvalue weighted by Gasteiger charge is 2.47. The van der Waals surface area contributed by atoms with Crippen LogP contribution in [0, 0.1) is 28.6 Å². The Morgan fingerprint density at radius 1 is 1.27 bits per heavy atom. The molecular weight excluding hydrogens is 380 g/mol. The Hall–Kier alpha value is -1.36. The summed E-state index contributed by atoms with van der Waals surface area (Å²) < 4.78 is 10.1. The van der Waals surface area contributed by atoms with Crippen molar-refractivity contribution in [1.29, 1.82) is 0 Å². The molecule has 0 aromatic carbocycles. The number of hydrogen-bond donors (Lipinski definition) is 1. The minimum absolute atomic E-state index is 0.104. The number of allylic oxidation sites excluding steroid dienone is 2. The molecule has 0 aromatic rings. The van der Waals surface area contributed by atoms with Gasteiger partial charge in [0.2, 0.25) is 0 Å². The molecule has 1 N–H and O–H groups in total. The van der Waals surface area contributed by atoms with Gasteiger partial charge in [-0.25, -0.2) is 0 Å². The molecule has 0 spiro atoms. The topological polar surface area (TPSA) is 72.8 Å². The second-order valence-corrected chi connectivity index (χ2v) is 10.6. The highest BCUT2D eigenvalue weighted by Crippen LogP contribution is 2.58. The Morgan fingerprint density at radius 2 is 1.97 bits per heavy atom. The molecule has 0 heterocycles. The zero-order chi connectivity index (χ0) is 22.5. The van der Waals surface area contributed by atoms with E-state index in [0.717, 1.165) is 12.8 Å². The second kappa shape index (κ2) is 10.3. The monoisotopic (exact) mass is 422 g/mol. The minimum atomic E-state index is -0.792. The summed E-state index contributed by atoms with van der Waals surface area (Å²) in [7, 11) is 0. The smallest absolute Gasteiger partial charge is 0.306 e. The summed E-state index contributed by atoms with van der Waals surface area (Å²) >= 11 is 0. The summed E-state index contributed by atoms with van der Waals surface area (Å²) in [5.74, 6) is 0.736. The average Bonchev–Trinajstić information content (AvgIpc) is 2.66. The molecule has 0 saturated heterocycles. The van der Waals surface area contributed by atoms with Crippen molar-refractivity contribution >= 4 is 11.9 Å². The van der Waals surface area contributed by atoms with Crippen LogP contribution in [-0.4, -0.2) is 36.4 Å². The Labute approximate surface area is 182 Å². The van der Waals surface area contributed by atoms with Gasteiger partial charge < -0.3 is 14.6 Å². The van der Waals surface area contributed by atoms with Gasteiger partial charge >= 0.3 is 11.9 Å². The summed E-state index contributed by atoms with van der Waals surface area (Å²) in [5.41, 5.74) is 2.23. The van der Waals surface area contributed by atoms with E-state index in [4.69, 9.17) is 9.47 Å². The Bertz CT molecular complexity index is 637. The predicted molar refractivity (Wildman–Crippen MR) is 118 cm³/mol. The molecule has 2 rings (SSSR count). The van der Waals surface area contributed by atoms with Crippen molar-refractivity contribution in [2.24, 2.45) is 28.6 Å². The number of rotatable bonds is 9. The number of hydrogen-bond acceptors (Lipinski definition) is 5. The van der Waals surface area contributed by atoms with Gasteiger partial charge in [0.05, 0.1) is 6.61 Å². The summed E-state index contributed by atoms with van der Waals surface area (Å²) in [6.45, 7) is 12.6. The summed E-state index contributed by atoms with van der Waals surface area (Å²) in [4.78, 5) is 23.2. The molecule has 172 valence electrons. The molecule has 0 unspecified atom stereocenters. The first-order chi connectivity index (χ1) is 14.0. The molecular formula is C25H42O5. The number of carbonyl (C=O) groups excluding carboxylic acids is 2. The molecule has 2 aliphatic carbocycles. The minimum Gasteiger partial charge on any atom is -0.462 e. The Morgan fingerprint density at radius 3 is 2.60 bits per heavy atom. The first-order valence-corrected chi connectivity index (χ1v) is 11.6. The average molecular weight is 423 g/mol. The molecule has 0 aromatic heterocycles. The van der Waals surface area contributed by atoms with Crippen LogP contribution in [0.1, 0.15) is 86.5 Å². The first kappa shape index (κ1) is 24.9. The van der Waals surface area contributed by atoms with Crippen molar-refractivity contribution in [2.75, 3.05) is 13.2 Å². The molecule has 2 aliphatic rings. The van der Waals surface area contributed by atoms with E-state index in [1.54, 1.807) is 5.57 Å². The van der Waals surface area contributed by atoms with Crippen LogP contribution in [0.5, 0.6) is 0 Å². The van der Waals surface area contributed by atoms with E-state index >= 15 is 0 Å². The van der Waals surface area contributed by atoms with Crippen LogP contribution in [-0.2, 0) is 19.1 Å². The van der Waals surface area contributed by atoms with E-state index in [-0.39, 0.29) is 30.5 Å². The maximum atomic E-state index is 12.3. The molecule has 5 heteroatoms. The lowest BCUT2D eigenvalue weighted by molar-refractivity contribution is -0.161. The molecule has 1 saturated carbocycles. The van der Waals surface area contributed by atoms with Crippen molar-refractivity contribution in [3.63, 3.8) is 0 Å². The lowest BCUT2D eigenvalue weighted by atomic mass is 9.52. The highest BCUT2D eigenvalue weighted by atomic mass is 16.6. The van der Waals surface area contributed by atoms with E-state index in [1.165, 1.54) is 32.6 Å². The zero-order valence-electron chi connectivity index (χ0n) is 19.8. The molecule has 1 fully saturated rings. The van der Waals surface area contributed by atoms with Crippen molar-refractivity contribution in [1.82, 2.24) is 0 Å². The fourth-order valence-electron chi connectivity index (χ4n) is 5.43. The molecule has 0 radical (unpaired) electrons. The number of carbonyl (C=O) groups is 2. The van der Waals surface area contributed by atoms with Crippen LogP contribution in [0.4, 0.5) is 0 Å². The lowest BCUT2D eigenvalue weighted by Crippen LogP contribution is -2.43. The van der Waals surface area contributed by atoms with Gasteiger partial charge in [-0.3, -0.25) is 9.59 Å². The van der Waals surface area contributed by atoms with E-state index in [1.807, 2.05) is 0 Å². The van der Waals surface area contributed by atoms with E-state index in [2.05, 4.69) is 40.7 Å². The van der Waals surface area contributed by atoms with Crippen LogP contribution in [0.3, 0.4) is 0 Å². The third-order valence-electron chi connectivity index (χ3n) is 7.75. The second-order valence-electron chi connectivity index (χ2n) is 10.6. The predicted octanol–water partition coefficient (Wildman–Crippen LogP) is 5.06. The standard InChI is InChI=1S/C25H42O5/c1-17(14-23(28)30-20(15-26)16-29-19(3)27)11-13-25(6)18(2)9-10-21-22(25)8-7-12-24(21,4)5/h8,17-18,20-21,26H,7,9-16H2,1-6H3/t17-,18-,20-,21-,25-/m1/s1. The van der Waals surface area contributed by atoms with Crippen molar-refractivity contribution in [3.8, 4) is 0 Å². The zero-order valence-corrected chi connectivity index (χ0v) is 19.8. The summed E-state index contributed by atoms with van der Waals surface area (Å²) in [6, 6.07) is 0. The fraction of sp³-hybridized carbons (Fsp3) is 0.840. The van der Waals surface area contributed by atoms with Gasteiger partial charge in [-0.15, -0.1) is 0 Å². The number of fused-ring (bicyclic) bond motifs is 1. The molecule has 5 atom stereocenters. The van der Waals surface area contributed by atoms with E-state index in [9.17, 15) is 14.7 Å².